The topological polar surface area (TPSA) is 60.0 Å². The molecule has 0 radical (unpaired) electrons. The molecule has 0 aromatic heterocycles. The minimum atomic E-state index is 0. The van der Waals surface area contributed by atoms with Crippen LogP contribution in [0.2, 0.25) is 0 Å². The maximum atomic E-state index is 13.9. The number of carbonyl (C=O) groups is 1. The summed E-state index contributed by atoms with van der Waals surface area (Å²) in [7, 11) is 3.29. The average molecular weight is 519 g/mol. The van der Waals surface area contributed by atoms with Crippen molar-refractivity contribution >= 4 is 18.3 Å². The highest BCUT2D eigenvalue weighted by molar-refractivity contribution is 5.95. The predicted molar refractivity (Wildman–Crippen MR) is 148 cm³/mol. The molecule has 1 fully saturated rings. The van der Waals surface area contributed by atoms with Crippen molar-refractivity contribution in [3.05, 3.63) is 59.7 Å². The first-order chi connectivity index (χ1) is 16.9. The number of halogens is 1. The summed E-state index contributed by atoms with van der Waals surface area (Å²) in [6, 6.07) is 16.3. The number of methoxy groups -OCH3 is 2. The van der Waals surface area contributed by atoms with Gasteiger partial charge in [-0.25, -0.2) is 0 Å². The van der Waals surface area contributed by atoms with Crippen LogP contribution in [0.15, 0.2) is 48.5 Å². The Kier molecular flexibility index (Phi) is 12.5. The van der Waals surface area contributed by atoms with Gasteiger partial charge in [-0.2, -0.15) is 0 Å². The Balaban J connectivity index is 0.00000456. The smallest absolute Gasteiger partial charge is 0.254 e. The Morgan fingerprint density at radius 1 is 1.00 bits per heavy atom. The molecule has 0 spiro atoms. The standard InChI is InChI=1S/C29H42N2O4.ClH/c1-21(2)22(3)31(20-26-19-30-18-25(26)16-23-10-7-6-8-11-23)29(32)24-12-13-27(34-5)28(17-24)35-15-9-14-33-4;/h6-8,10-13,17,21-22,25-26,30H,9,14-16,18-20H2,1-5H3;1H/t22?,25-,26+;/m0./s1. The minimum Gasteiger partial charge on any atom is -0.493 e. The van der Waals surface area contributed by atoms with Crippen LogP contribution in [0.5, 0.6) is 11.5 Å². The number of hydrogen-bond donors (Lipinski definition) is 1. The fourth-order valence-corrected chi connectivity index (χ4v) is 4.68. The highest BCUT2D eigenvalue weighted by Gasteiger charge is 2.33. The summed E-state index contributed by atoms with van der Waals surface area (Å²) in [5, 5.41) is 3.57. The normalized spacial score (nSPS) is 17.9. The van der Waals surface area contributed by atoms with E-state index in [0.29, 0.717) is 48.0 Å². The quantitative estimate of drug-likeness (QED) is 0.374. The molecule has 0 saturated carbocycles. The molecular weight excluding hydrogens is 476 g/mol. The van der Waals surface area contributed by atoms with Crippen LogP contribution < -0.4 is 14.8 Å². The molecular formula is C29H43ClN2O4. The molecule has 1 aliphatic rings. The van der Waals surface area contributed by atoms with Crippen molar-refractivity contribution < 1.29 is 19.0 Å². The van der Waals surface area contributed by atoms with Crippen LogP contribution in [0, 0.1) is 17.8 Å². The third kappa shape index (κ3) is 8.12. The van der Waals surface area contributed by atoms with E-state index >= 15 is 0 Å². The van der Waals surface area contributed by atoms with Gasteiger partial charge in [-0.15, -0.1) is 12.4 Å². The SMILES string of the molecule is COCCCOc1cc(C(=O)N(C[C@H]2CNC[C@@H]2Cc2ccccc2)C(C)C(C)C)ccc1OC.Cl. The molecule has 0 aliphatic carbocycles. The molecule has 1 amide bonds. The Bertz CT molecular complexity index is 925. The van der Waals surface area contributed by atoms with E-state index in [-0.39, 0.29) is 24.4 Å². The fraction of sp³-hybridized carbons (Fsp3) is 0.552. The highest BCUT2D eigenvalue weighted by atomic mass is 35.5. The molecule has 1 N–H and O–H groups in total. The Hall–Kier alpha value is -2.28. The summed E-state index contributed by atoms with van der Waals surface area (Å²) in [6.45, 7) is 10.3. The zero-order valence-corrected chi connectivity index (χ0v) is 23.2. The van der Waals surface area contributed by atoms with E-state index in [0.717, 1.165) is 32.5 Å². The second kappa shape index (κ2) is 15.1. The van der Waals surface area contributed by atoms with Crippen LogP contribution >= 0.6 is 12.4 Å². The molecule has 0 bridgehead atoms. The van der Waals surface area contributed by atoms with Crippen molar-refractivity contribution in [3.8, 4) is 11.5 Å². The number of ether oxygens (including phenoxy) is 3. The average Bonchev–Trinajstić information content (AvgIpc) is 3.31. The Morgan fingerprint density at radius 2 is 1.72 bits per heavy atom. The second-order valence-corrected chi connectivity index (χ2v) is 9.87. The van der Waals surface area contributed by atoms with E-state index in [4.69, 9.17) is 14.2 Å². The number of rotatable bonds is 13. The van der Waals surface area contributed by atoms with Gasteiger partial charge >= 0.3 is 0 Å². The van der Waals surface area contributed by atoms with E-state index in [1.807, 2.05) is 18.2 Å². The first kappa shape index (κ1) is 29.9. The zero-order valence-electron chi connectivity index (χ0n) is 22.4. The van der Waals surface area contributed by atoms with Gasteiger partial charge in [0, 0.05) is 38.3 Å². The summed E-state index contributed by atoms with van der Waals surface area (Å²) < 4.78 is 16.5. The molecule has 1 saturated heterocycles. The van der Waals surface area contributed by atoms with Gasteiger partial charge in [-0.05, 0) is 68.0 Å². The summed E-state index contributed by atoms with van der Waals surface area (Å²) in [5.74, 6) is 2.53. The van der Waals surface area contributed by atoms with Crippen molar-refractivity contribution in [3.63, 3.8) is 0 Å². The lowest BCUT2D eigenvalue weighted by Gasteiger charge is -2.35. The van der Waals surface area contributed by atoms with Crippen LogP contribution in [-0.4, -0.2) is 63.9 Å². The third-order valence-corrected chi connectivity index (χ3v) is 7.13. The fourth-order valence-electron chi connectivity index (χ4n) is 4.68. The van der Waals surface area contributed by atoms with Crippen molar-refractivity contribution in [2.75, 3.05) is 47.1 Å². The van der Waals surface area contributed by atoms with E-state index < -0.39 is 0 Å². The predicted octanol–water partition coefficient (Wildman–Crippen LogP) is 5.10. The largest absolute Gasteiger partial charge is 0.493 e. The summed E-state index contributed by atoms with van der Waals surface area (Å²) in [5.41, 5.74) is 1.98. The monoisotopic (exact) mass is 518 g/mol. The van der Waals surface area contributed by atoms with Gasteiger partial charge in [0.2, 0.25) is 0 Å². The molecule has 3 rings (SSSR count). The molecule has 6 nitrogen and oxygen atoms in total. The molecule has 200 valence electrons. The number of amides is 1. The lowest BCUT2D eigenvalue weighted by atomic mass is 9.88. The molecule has 1 aliphatic heterocycles. The number of nitrogens with one attached hydrogen (secondary N) is 1. The van der Waals surface area contributed by atoms with Crippen LogP contribution in [-0.2, 0) is 11.2 Å². The summed E-state index contributed by atoms with van der Waals surface area (Å²) in [4.78, 5) is 15.9. The van der Waals surface area contributed by atoms with E-state index in [1.54, 1.807) is 14.2 Å². The van der Waals surface area contributed by atoms with Crippen molar-refractivity contribution in [1.82, 2.24) is 10.2 Å². The Morgan fingerprint density at radius 3 is 2.39 bits per heavy atom. The molecule has 7 heteroatoms. The van der Waals surface area contributed by atoms with Gasteiger partial charge in [0.05, 0.1) is 13.7 Å². The molecule has 2 aromatic carbocycles. The van der Waals surface area contributed by atoms with Gasteiger partial charge in [0.25, 0.3) is 5.91 Å². The maximum Gasteiger partial charge on any atom is 0.254 e. The minimum absolute atomic E-state index is 0. The molecule has 3 atom stereocenters. The van der Waals surface area contributed by atoms with Gasteiger partial charge in [0.1, 0.15) is 0 Å². The van der Waals surface area contributed by atoms with Gasteiger partial charge in [-0.3, -0.25) is 4.79 Å². The maximum absolute atomic E-state index is 13.9. The number of hydrogen-bond acceptors (Lipinski definition) is 5. The van der Waals surface area contributed by atoms with Crippen molar-refractivity contribution in [2.24, 2.45) is 17.8 Å². The number of benzene rings is 2. The Labute approximate surface area is 223 Å². The highest BCUT2D eigenvalue weighted by Crippen LogP contribution is 2.30. The van der Waals surface area contributed by atoms with Crippen molar-refractivity contribution in [2.45, 2.75) is 39.7 Å². The molecule has 2 aromatic rings. The van der Waals surface area contributed by atoms with Gasteiger partial charge < -0.3 is 24.4 Å². The van der Waals surface area contributed by atoms with Crippen molar-refractivity contribution in [1.29, 1.82) is 0 Å². The van der Waals surface area contributed by atoms with E-state index in [9.17, 15) is 4.79 Å². The zero-order chi connectivity index (χ0) is 25.2. The van der Waals surface area contributed by atoms with Crippen LogP contribution in [0.1, 0.15) is 43.1 Å². The van der Waals surface area contributed by atoms with Crippen LogP contribution in [0.25, 0.3) is 0 Å². The van der Waals surface area contributed by atoms with Crippen LogP contribution in [0.3, 0.4) is 0 Å². The van der Waals surface area contributed by atoms with Gasteiger partial charge in [0.15, 0.2) is 11.5 Å². The molecule has 1 heterocycles. The lowest BCUT2D eigenvalue weighted by molar-refractivity contribution is 0.0594. The lowest BCUT2D eigenvalue weighted by Crippen LogP contribution is -2.45. The third-order valence-electron chi connectivity index (χ3n) is 7.13. The number of carbonyl (C=O) groups excluding carboxylic acids is 1. The summed E-state index contributed by atoms with van der Waals surface area (Å²) in [6.07, 6.45) is 1.80. The first-order valence-electron chi connectivity index (χ1n) is 12.8. The van der Waals surface area contributed by atoms with E-state index in [2.05, 4.69) is 61.3 Å². The summed E-state index contributed by atoms with van der Waals surface area (Å²) >= 11 is 0. The van der Waals surface area contributed by atoms with Gasteiger partial charge in [-0.1, -0.05) is 44.2 Å². The molecule has 1 unspecified atom stereocenters. The van der Waals surface area contributed by atoms with E-state index in [1.165, 1.54) is 5.56 Å². The first-order valence-corrected chi connectivity index (χ1v) is 12.8. The molecule has 36 heavy (non-hydrogen) atoms. The van der Waals surface area contributed by atoms with Crippen LogP contribution in [0.4, 0.5) is 0 Å². The number of nitrogens with zero attached hydrogens (tertiary/aromatic N) is 1. The second-order valence-electron chi connectivity index (χ2n) is 9.87.